The number of hydroxylamine groups is 1. The molecule has 0 fully saturated rings. The second-order valence-electron chi connectivity index (χ2n) is 2.97. The van der Waals surface area contributed by atoms with Gasteiger partial charge in [0.2, 0.25) is 0 Å². The number of hydrogen-bond donors (Lipinski definition) is 2. The average Bonchev–Trinajstić information content (AvgIpc) is 2.28. The Morgan fingerprint density at radius 2 is 2.25 bits per heavy atom. The van der Waals surface area contributed by atoms with Crippen LogP contribution in [0, 0.1) is 5.82 Å². The molecule has 3 N–H and O–H groups in total. The van der Waals surface area contributed by atoms with E-state index in [4.69, 9.17) is 15.3 Å². The molecule has 16 heavy (non-hydrogen) atoms. The van der Waals surface area contributed by atoms with Crippen LogP contribution in [0.25, 0.3) is 0 Å². The monoisotopic (exact) mass is 228 g/mol. The maximum Gasteiger partial charge on any atom is 0.277 e. The van der Waals surface area contributed by atoms with Crippen LogP contribution in [0.15, 0.2) is 18.2 Å². The van der Waals surface area contributed by atoms with Crippen molar-refractivity contribution >= 4 is 11.6 Å². The Morgan fingerprint density at radius 3 is 2.94 bits per heavy atom. The summed E-state index contributed by atoms with van der Waals surface area (Å²) in [6.07, 6.45) is 0. The summed E-state index contributed by atoms with van der Waals surface area (Å²) in [5, 5.41) is 0. The van der Waals surface area contributed by atoms with E-state index < -0.39 is 11.7 Å². The van der Waals surface area contributed by atoms with Gasteiger partial charge in [-0.05, 0) is 12.1 Å². The van der Waals surface area contributed by atoms with Crippen molar-refractivity contribution in [1.82, 2.24) is 5.48 Å². The van der Waals surface area contributed by atoms with E-state index in [-0.39, 0.29) is 17.9 Å². The van der Waals surface area contributed by atoms with Gasteiger partial charge in [0.1, 0.15) is 5.82 Å². The number of carbonyl (C=O) groups excluding carboxylic acids is 1. The second-order valence-corrected chi connectivity index (χ2v) is 2.97. The molecule has 5 nitrogen and oxygen atoms in total. The van der Waals surface area contributed by atoms with E-state index in [9.17, 15) is 9.18 Å². The fraction of sp³-hybridized carbons (Fsp3) is 0.300. The normalized spacial score (nSPS) is 10.1. The van der Waals surface area contributed by atoms with Crippen molar-refractivity contribution in [3.8, 4) is 0 Å². The fourth-order valence-electron chi connectivity index (χ4n) is 1.03. The minimum atomic E-state index is -0.635. The summed E-state index contributed by atoms with van der Waals surface area (Å²) < 4.78 is 17.7. The van der Waals surface area contributed by atoms with E-state index in [0.29, 0.717) is 6.61 Å². The molecule has 1 aromatic rings. The zero-order valence-electron chi connectivity index (χ0n) is 8.83. The lowest BCUT2D eigenvalue weighted by Crippen LogP contribution is -2.26. The summed E-state index contributed by atoms with van der Waals surface area (Å²) in [5.74, 6) is -1.22. The van der Waals surface area contributed by atoms with Crippen LogP contribution in [-0.4, -0.2) is 26.2 Å². The Kier molecular flexibility index (Phi) is 4.68. The van der Waals surface area contributed by atoms with Crippen LogP contribution < -0.4 is 11.2 Å². The Balaban J connectivity index is 2.56. The van der Waals surface area contributed by atoms with E-state index in [1.807, 2.05) is 0 Å². The van der Waals surface area contributed by atoms with E-state index in [0.717, 1.165) is 0 Å². The van der Waals surface area contributed by atoms with Crippen LogP contribution in [0.3, 0.4) is 0 Å². The zero-order valence-corrected chi connectivity index (χ0v) is 8.83. The third-order valence-electron chi connectivity index (χ3n) is 1.85. The highest BCUT2D eigenvalue weighted by atomic mass is 19.1. The van der Waals surface area contributed by atoms with Gasteiger partial charge in [0.25, 0.3) is 5.91 Å². The number of amides is 1. The van der Waals surface area contributed by atoms with Crippen molar-refractivity contribution in [2.45, 2.75) is 0 Å². The molecule has 1 rings (SSSR count). The molecular weight excluding hydrogens is 215 g/mol. The van der Waals surface area contributed by atoms with Crippen molar-refractivity contribution in [3.05, 3.63) is 29.6 Å². The molecule has 0 aliphatic heterocycles. The highest BCUT2D eigenvalue weighted by molar-refractivity contribution is 5.98. The number of methoxy groups -OCH3 is 1. The number of anilines is 1. The van der Waals surface area contributed by atoms with Gasteiger partial charge < -0.3 is 10.5 Å². The van der Waals surface area contributed by atoms with Gasteiger partial charge in [0.15, 0.2) is 0 Å². The predicted molar refractivity (Wildman–Crippen MR) is 56.1 cm³/mol. The van der Waals surface area contributed by atoms with Crippen LogP contribution in [0.2, 0.25) is 0 Å². The van der Waals surface area contributed by atoms with Crippen molar-refractivity contribution in [3.63, 3.8) is 0 Å². The van der Waals surface area contributed by atoms with Crippen molar-refractivity contribution in [2.75, 3.05) is 26.1 Å². The Labute approximate surface area is 92.3 Å². The number of benzene rings is 1. The summed E-state index contributed by atoms with van der Waals surface area (Å²) in [6, 6.07) is 3.99. The van der Waals surface area contributed by atoms with Crippen LogP contribution in [-0.2, 0) is 9.57 Å². The topological polar surface area (TPSA) is 73.6 Å². The van der Waals surface area contributed by atoms with Crippen LogP contribution >= 0.6 is 0 Å². The van der Waals surface area contributed by atoms with Crippen molar-refractivity contribution in [2.24, 2.45) is 0 Å². The third-order valence-corrected chi connectivity index (χ3v) is 1.85. The van der Waals surface area contributed by atoms with E-state index in [1.165, 1.54) is 25.3 Å². The zero-order chi connectivity index (χ0) is 12.0. The van der Waals surface area contributed by atoms with Gasteiger partial charge in [-0.2, -0.15) is 0 Å². The average molecular weight is 228 g/mol. The first kappa shape index (κ1) is 12.4. The molecule has 1 amide bonds. The number of para-hydroxylation sites is 1. The molecule has 0 bridgehead atoms. The molecule has 1 aromatic carbocycles. The highest BCUT2D eigenvalue weighted by Crippen LogP contribution is 2.15. The molecule has 0 aliphatic carbocycles. The van der Waals surface area contributed by atoms with Crippen LogP contribution in [0.1, 0.15) is 10.4 Å². The van der Waals surface area contributed by atoms with Crippen LogP contribution in [0.4, 0.5) is 10.1 Å². The van der Waals surface area contributed by atoms with Gasteiger partial charge in [-0.15, -0.1) is 0 Å². The summed E-state index contributed by atoms with van der Waals surface area (Å²) in [7, 11) is 1.51. The molecule has 88 valence electrons. The number of hydrogen-bond acceptors (Lipinski definition) is 4. The van der Waals surface area contributed by atoms with Crippen molar-refractivity contribution < 1.29 is 18.8 Å². The lowest BCUT2D eigenvalue weighted by atomic mass is 10.1. The van der Waals surface area contributed by atoms with Crippen LogP contribution in [0.5, 0.6) is 0 Å². The predicted octanol–water partition coefficient (Wildman–Crippen LogP) is 0.716. The van der Waals surface area contributed by atoms with E-state index in [2.05, 4.69) is 5.48 Å². The minimum Gasteiger partial charge on any atom is -0.396 e. The Bertz CT molecular complexity index is 371. The summed E-state index contributed by atoms with van der Waals surface area (Å²) >= 11 is 0. The highest BCUT2D eigenvalue weighted by Gasteiger charge is 2.12. The Hall–Kier alpha value is -1.66. The van der Waals surface area contributed by atoms with Gasteiger partial charge in [-0.3, -0.25) is 9.63 Å². The number of carbonyl (C=O) groups is 1. The number of rotatable bonds is 5. The van der Waals surface area contributed by atoms with Gasteiger partial charge in [-0.1, -0.05) is 6.07 Å². The molecule has 0 saturated carbocycles. The SMILES string of the molecule is COCCONC(=O)c1cccc(F)c1N. The molecule has 0 unspecified atom stereocenters. The molecule has 0 saturated heterocycles. The molecule has 0 atom stereocenters. The number of nitrogens with one attached hydrogen (secondary N) is 1. The van der Waals surface area contributed by atoms with E-state index in [1.54, 1.807) is 0 Å². The molecule has 0 aliphatic rings. The third kappa shape index (κ3) is 3.18. The molecule has 6 heteroatoms. The maximum absolute atomic E-state index is 13.0. The first-order chi connectivity index (χ1) is 7.66. The molecule has 0 heterocycles. The van der Waals surface area contributed by atoms with Gasteiger partial charge in [0, 0.05) is 7.11 Å². The lowest BCUT2D eigenvalue weighted by molar-refractivity contribution is 0.00892. The first-order valence-corrected chi connectivity index (χ1v) is 4.62. The number of nitrogens with two attached hydrogens (primary N) is 1. The van der Waals surface area contributed by atoms with E-state index >= 15 is 0 Å². The number of ether oxygens (including phenoxy) is 1. The number of nitrogen functional groups attached to an aromatic ring is 1. The molecule has 0 spiro atoms. The summed E-state index contributed by atoms with van der Waals surface area (Å²) in [6.45, 7) is 0.552. The molecule has 0 radical (unpaired) electrons. The quantitative estimate of drug-likeness (QED) is 0.442. The lowest BCUT2D eigenvalue weighted by Gasteiger charge is -2.07. The minimum absolute atomic E-state index is 0.0393. The smallest absolute Gasteiger partial charge is 0.277 e. The largest absolute Gasteiger partial charge is 0.396 e. The van der Waals surface area contributed by atoms with Gasteiger partial charge in [-0.25, -0.2) is 9.87 Å². The number of halogens is 1. The Morgan fingerprint density at radius 1 is 1.50 bits per heavy atom. The first-order valence-electron chi connectivity index (χ1n) is 4.62. The summed E-state index contributed by atoms with van der Waals surface area (Å²) in [5.41, 5.74) is 7.37. The van der Waals surface area contributed by atoms with Crippen molar-refractivity contribution in [1.29, 1.82) is 0 Å². The second kappa shape index (κ2) is 6.04. The fourth-order valence-corrected chi connectivity index (χ4v) is 1.03. The summed E-state index contributed by atoms with van der Waals surface area (Å²) in [4.78, 5) is 16.2. The molecular formula is C10H13FN2O3. The van der Waals surface area contributed by atoms with Gasteiger partial charge in [0.05, 0.1) is 24.5 Å². The molecule has 0 aromatic heterocycles. The maximum atomic E-state index is 13.0. The van der Waals surface area contributed by atoms with Gasteiger partial charge >= 0.3 is 0 Å². The standard InChI is InChI=1S/C10H13FN2O3/c1-15-5-6-16-13-10(14)7-3-2-4-8(11)9(7)12/h2-4H,5-6,12H2,1H3,(H,13,14).